The number of ether oxygens (including phenoxy) is 1. The molecule has 0 aliphatic heterocycles. The minimum Gasteiger partial charge on any atom is -0.461 e. The third kappa shape index (κ3) is 3.24. The molecular formula is C14H12F3NO3. The van der Waals surface area contributed by atoms with E-state index in [1.165, 1.54) is 19.1 Å². The average molecular weight is 299 g/mol. The number of aryl methyl sites for hydroxylation is 1. The van der Waals surface area contributed by atoms with E-state index >= 15 is 0 Å². The van der Waals surface area contributed by atoms with Gasteiger partial charge in [-0.15, -0.1) is 0 Å². The van der Waals surface area contributed by atoms with Gasteiger partial charge < -0.3 is 9.15 Å². The van der Waals surface area contributed by atoms with Crippen LogP contribution in [0.3, 0.4) is 0 Å². The Bertz CT molecular complexity index is 662. The van der Waals surface area contributed by atoms with Crippen LogP contribution in [0.2, 0.25) is 0 Å². The van der Waals surface area contributed by atoms with Crippen LogP contribution in [0.25, 0.3) is 11.5 Å². The molecule has 0 bridgehead atoms. The van der Waals surface area contributed by atoms with Gasteiger partial charge in [0.25, 0.3) is 0 Å². The molecule has 2 aromatic rings. The number of hydrogen-bond acceptors (Lipinski definition) is 4. The molecule has 0 fully saturated rings. The average Bonchev–Trinajstić information content (AvgIpc) is 2.80. The molecular weight excluding hydrogens is 287 g/mol. The summed E-state index contributed by atoms with van der Waals surface area (Å²) in [5, 5.41) is 0. The smallest absolute Gasteiger partial charge is 0.416 e. The van der Waals surface area contributed by atoms with Crippen molar-refractivity contribution in [2.45, 2.75) is 20.0 Å². The van der Waals surface area contributed by atoms with Gasteiger partial charge in [-0.05, 0) is 32.0 Å². The second-order valence-corrected chi connectivity index (χ2v) is 4.22. The van der Waals surface area contributed by atoms with E-state index in [-0.39, 0.29) is 29.5 Å². The summed E-state index contributed by atoms with van der Waals surface area (Å²) in [7, 11) is 0. The first kappa shape index (κ1) is 15.1. The third-order valence-electron chi connectivity index (χ3n) is 2.70. The van der Waals surface area contributed by atoms with Gasteiger partial charge in [0, 0.05) is 5.56 Å². The molecule has 0 N–H and O–H groups in total. The van der Waals surface area contributed by atoms with Gasteiger partial charge in [-0.25, -0.2) is 9.78 Å². The number of carbonyl (C=O) groups is 1. The highest BCUT2D eigenvalue weighted by Gasteiger charge is 2.31. The van der Waals surface area contributed by atoms with Crippen LogP contribution in [0.5, 0.6) is 0 Å². The van der Waals surface area contributed by atoms with Crippen LogP contribution in [0, 0.1) is 6.92 Å². The lowest BCUT2D eigenvalue weighted by Crippen LogP contribution is -2.06. The number of oxazole rings is 1. The number of carbonyl (C=O) groups excluding carboxylic acids is 1. The summed E-state index contributed by atoms with van der Waals surface area (Å²) in [6, 6.07) is 4.54. The van der Waals surface area contributed by atoms with Crippen LogP contribution in [-0.4, -0.2) is 17.6 Å². The van der Waals surface area contributed by atoms with Crippen LogP contribution < -0.4 is 0 Å². The molecule has 0 radical (unpaired) electrons. The Morgan fingerprint density at radius 2 is 2.10 bits per heavy atom. The quantitative estimate of drug-likeness (QED) is 0.808. The van der Waals surface area contributed by atoms with Crippen LogP contribution in [0.1, 0.15) is 28.7 Å². The first-order valence-corrected chi connectivity index (χ1v) is 6.15. The summed E-state index contributed by atoms with van der Waals surface area (Å²) >= 11 is 0. The summed E-state index contributed by atoms with van der Waals surface area (Å²) in [5.74, 6) is -0.528. The molecule has 0 unspecified atom stereocenters. The molecule has 1 heterocycles. The van der Waals surface area contributed by atoms with Gasteiger partial charge in [-0.2, -0.15) is 13.2 Å². The van der Waals surface area contributed by atoms with Gasteiger partial charge in [0.05, 0.1) is 12.2 Å². The van der Waals surface area contributed by atoms with Crippen molar-refractivity contribution < 1.29 is 27.1 Å². The molecule has 1 aromatic carbocycles. The molecule has 1 aromatic heterocycles. The number of halogens is 3. The molecule has 21 heavy (non-hydrogen) atoms. The Morgan fingerprint density at radius 1 is 1.38 bits per heavy atom. The minimum absolute atomic E-state index is 0.0377. The Kier molecular flexibility index (Phi) is 4.02. The van der Waals surface area contributed by atoms with Crippen LogP contribution >= 0.6 is 0 Å². The van der Waals surface area contributed by atoms with Gasteiger partial charge in [0.15, 0.2) is 5.69 Å². The summed E-state index contributed by atoms with van der Waals surface area (Å²) < 4.78 is 48.1. The monoisotopic (exact) mass is 299 g/mol. The van der Waals surface area contributed by atoms with E-state index in [1.807, 2.05) is 0 Å². The summed E-state index contributed by atoms with van der Waals surface area (Å²) in [6.45, 7) is 3.31. The van der Waals surface area contributed by atoms with E-state index in [4.69, 9.17) is 9.15 Å². The summed E-state index contributed by atoms with van der Waals surface area (Å²) in [5.41, 5.74) is -0.707. The lowest BCUT2D eigenvalue weighted by atomic mass is 10.1. The highest BCUT2D eigenvalue weighted by Crippen LogP contribution is 2.32. The standard InChI is InChI=1S/C14H12F3NO3/c1-3-20-13(19)11-8(2)21-12(18-11)9-5-4-6-10(7-9)14(15,16)17/h4-7H,3H2,1-2H3. The highest BCUT2D eigenvalue weighted by atomic mass is 19.4. The number of hydrogen-bond donors (Lipinski definition) is 0. The first-order chi connectivity index (χ1) is 9.82. The third-order valence-corrected chi connectivity index (χ3v) is 2.70. The fraction of sp³-hybridized carbons (Fsp3) is 0.286. The molecule has 0 saturated heterocycles. The van der Waals surface area contributed by atoms with Gasteiger partial charge >= 0.3 is 12.1 Å². The number of alkyl halides is 3. The number of nitrogens with zero attached hydrogens (tertiary/aromatic N) is 1. The van der Waals surface area contributed by atoms with Crippen molar-refractivity contribution in [3.8, 4) is 11.5 Å². The van der Waals surface area contributed by atoms with Crippen molar-refractivity contribution in [2.75, 3.05) is 6.61 Å². The van der Waals surface area contributed by atoms with E-state index in [9.17, 15) is 18.0 Å². The molecule has 0 spiro atoms. The molecule has 2 rings (SSSR count). The molecule has 0 atom stereocenters. The SMILES string of the molecule is CCOC(=O)c1nc(-c2cccc(C(F)(F)F)c2)oc1C. The zero-order chi connectivity index (χ0) is 15.6. The molecule has 112 valence electrons. The molecule has 0 saturated carbocycles. The highest BCUT2D eigenvalue weighted by molar-refractivity contribution is 5.88. The van der Waals surface area contributed by atoms with Crippen molar-refractivity contribution in [3.05, 3.63) is 41.3 Å². The van der Waals surface area contributed by atoms with Gasteiger partial charge in [-0.1, -0.05) is 6.07 Å². The molecule has 7 heteroatoms. The van der Waals surface area contributed by atoms with Crippen molar-refractivity contribution in [2.24, 2.45) is 0 Å². The lowest BCUT2D eigenvalue weighted by Gasteiger charge is -2.06. The Balaban J connectivity index is 2.40. The maximum Gasteiger partial charge on any atom is 0.416 e. The summed E-state index contributed by atoms with van der Waals surface area (Å²) in [6.07, 6.45) is -4.46. The van der Waals surface area contributed by atoms with Crippen molar-refractivity contribution in [1.29, 1.82) is 0 Å². The zero-order valence-corrected chi connectivity index (χ0v) is 11.3. The lowest BCUT2D eigenvalue weighted by molar-refractivity contribution is -0.137. The van der Waals surface area contributed by atoms with E-state index in [0.717, 1.165) is 12.1 Å². The number of aromatic nitrogens is 1. The van der Waals surface area contributed by atoms with Crippen molar-refractivity contribution in [1.82, 2.24) is 4.98 Å². The molecule has 0 amide bonds. The van der Waals surface area contributed by atoms with E-state index < -0.39 is 17.7 Å². The van der Waals surface area contributed by atoms with E-state index in [1.54, 1.807) is 6.92 Å². The second kappa shape index (κ2) is 5.59. The maximum atomic E-state index is 12.7. The van der Waals surface area contributed by atoms with Gasteiger partial charge in [0.2, 0.25) is 5.89 Å². The van der Waals surface area contributed by atoms with Crippen LogP contribution in [-0.2, 0) is 10.9 Å². The van der Waals surface area contributed by atoms with Crippen molar-refractivity contribution >= 4 is 5.97 Å². The van der Waals surface area contributed by atoms with Crippen LogP contribution in [0.15, 0.2) is 28.7 Å². The minimum atomic E-state index is -4.46. The summed E-state index contributed by atoms with van der Waals surface area (Å²) in [4.78, 5) is 15.5. The number of rotatable bonds is 3. The zero-order valence-electron chi connectivity index (χ0n) is 11.3. The topological polar surface area (TPSA) is 52.3 Å². The van der Waals surface area contributed by atoms with Gasteiger partial charge in [0.1, 0.15) is 5.76 Å². The molecule has 0 aliphatic carbocycles. The van der Waals surface area contributed by atoms with Crippen molar-refractivity contribution in [3.63, 3.8) is 0 Å². The first-order valence-electron chi connectivity index (χ1n) is 6.15. The van der Waals surface area contributed by atoms with E-state index in [2.05, 4.69) is 4.98 Å². The second-order valence-electron chi connectivity index (χ2n) is 4.22. The molecule has 4 nitrogen and oxygen atoms in total. The van der Waals surface area contributed by atoms with Gasteiger partial charge in [-0.3, -0.25) is 0 Å². The fourth-order valence-corrected chi connectivity index (χ4v) is 1.74. The maximum absolute atomic E-state index is 12.7. The molecule has 0 aliphatic rings. The normalized spacial score (nSPS) is 11.5. The number of benzene rings is 1. The Labute approximate surface area is 118 Å². The Morgan fingerprint density at radius 3 is 2.71 bits per heavy atom. The van der Waals surface area contributed by atoms with E-state index in [0.29, 0.717) is 0 Å². The Hall–Kier alpha value is -2.31. The predicted octanol–water partition coefficient (Wildman–Crippen LogP) is 3.85. The fourth-order valence-electron chi connectivity index (χ4n) is 1.74. The van der Waals surface area contributed by atoms with Crippen LogP contribution in [0.4, 0.5) is 13.2 Å². The predicted molar refractivity (Wildman–Crippen MR) is 67.6 cm³/mol. The number of esters is 1. The largest absolute Gasteiger partial charge is 0.461 e.